The van der Waals surface area contributed by atoms with Crippen LogP contribution in [0.15, 0.2) is 0 Å². The maximum absolute atomic E-state index is 3.79. The first-order chi connectivity index (χ1) is 6.81. The maximum Gasteiger partial charge on any atom is 0.0148 e. The highest BCUT2D eigenvalue weighted by atomic mass is 79.9. The molecule has 0 bridgehead atoms. The number of halogens is 1. The van der Waals surface area contributed by atoms with Gasteiger partial charge in [0.1, 0.15) is 0 Å². The fraction of sp³-hybridized carbons (Fsp3) is 1.00. The SMILES string of the molecule is CCC1CCCCC1C1CCC(Br)C1. The van der Waals surface area contributed by atoms with Crippen molar-refractivity contribution in [3.63, 3.8) is 0 Å². The molecule has 0 aromatic rings. The van der Waals surface area contributed by atoms with Crippen LogP contribution in [0.3, 0.4) is 0 Å². The van der Waals surface area contributed by atoms with Crippen molar-refractivity contribution < 1.29 is 0 Å². The van der Waals surface area contributed by atoms with Gasteiger partial charge in [0.15, 0.2) is 0 Å². The van der Waals surface area contributed by atoms with E-state index < -0.39 is 0 Å². The molecule has 0 amide bonds. The number of hydrogen-bond acceptors (Lipinski definition) is 0. The highest BCUT2D eigenvalue weighted by molar-refractivity contribution is 9.09. The van der Waals surface area contributed by atoms with Gasteiger partial charge in [-0.3, -0.25) is 0 Å². The topological polar surface area (TPSA) is 0 Å². The third-order valence-corrected chi connectivity index (χ3v) is 5.34. The highest BCUT2D eigenvalue weighted by Crippen LogP contribution is 2.45. The zero-order chi connectivity index (χ0) is 9.97. The predicted molar refractivity (Wildman–Crippen MR) is 65.8 cm³/mol. The summed E-state index contributed by atoms with van der Waals surface area (Å²) in [6.45, 7) is 2.39. The van der Waals surface area contributed by atoms with E-state index in [9.17, 15) is 0 Å². The van der Waals surface area contributed by atoms with Crippen molar-refractivity contribution in [3.8, 4) is 0 Å². The summed E-state index contributed by atoms with van der Waals surface area (Å²) in [7, 11) is 0. The fourth-order valence-corrected chi connectivity index (χ4v) is 4.46. The first-order valence-electron chi connectivity index (χ1n) is 6.45. The second-order valence-electron chi connectivity index (χ2n) is 5.29. The van der Waals surface area contributed by atoms with Gasteiger partial charge in [-0.2, -0.15) is 0 Å². The van der Waals surface area contributed by atoms with Gasteiger partial charge < -0.3 is 0 Å². The Labute approximate surface area is 97.0 Å². The van der Waals surface area contributed by atoms with E-state index in [1.807, 2.05) is 0 Å². The molecule has 0 aliphatic heterocycles. The van der Waals surface area contributed by atoms with Gasteiger partial charge in [0.05, 0.1) is 0 Å². The normalized spacial score (nSPS) is 44.1. The van der Waals surface area contributed by atoms with Gasteiger partial charge in [-0.05, 0) is 43.4 Å². The summed E-state index contributed by atoms with van der Waals surface area (Å²) in [4.78, 5) is 0.840. The summed E-state index contributed by atoms with van der Waals surface area (Å²) in [5.74, 6) is 3.20. The molecule has 0 spiro atoms. The maximum atomic E-state index is 3.79. The molecule has 0 aromatic carbocycles. The molecule has 4 unspecified atom stereocenters. The number of hydrogen-bond donors (Lipinski definition) is 0. The molecule has 2 saturated carbocycles. The van der Waals surface area contributed by atoms with Crippen molar-refractivity contribution in [1.82, 2.24) is 0 Å². The molecule has 0 aromatic heterocycles. The van der Waals surface area contributed by atoms with Crippen molar-refractivity contribution in [3.05, 3.63) is 0 Å². The number of alkyl halides is 1. The minimum Gasteiger partial charge on any atom is -0.0891 e. The largest absolute Gasteiger partial charge is 0.0891 e. The van der Waals surface area contributed by atoms with Crippen molar-refractivity contribution in [2.45, 2.75) is 63.1 Å². The zero-order valence-electron chi connectivity index (χ0n) is 9.34. The monoisotopic (exact) mass is 258 g/mol. The van der Waals surface area contributed by atoms with E-state index in [-0.39, 0.29) is 0 Å². The predicted octanol–water partition coefficient (Wildman–Crippen LogP) is 4.77. The van der Waals surface area contributed by atoms with E-state index in [1.54, 1.807) is 0 Å². The van der Waals surface area contributed by atoms with Crippen LogP contribution in [0.25, 0.3) is 0 Å². The lowest BCUT2D eigenvalue weighted by Crippen LogP contribution is -2.25. The van der Waals surface area contributed by atoms with Gasteiger partial charge >= 0.3 is 0 Å². The Kier molecular flexibility index (Phi) is 3.93. The Balaban J connectivity index is 1.93. The molecule has 4 atom stereocenters. The van der Waals surface area contributed by atoms with Crippen LogP contribution in [0.2, 0.25) is 0 Å². The molecule has 0 heterocycles. The lowest BCUT2D eigenvalue weighted by molar-refractivity contribution is 0.158. The lowest BCUT2D eigenvalue weighted by Gasteiger charge is -2.35. The van der Waals surface area contributed by atoms with Gasteiger partial charge in [-0.25, -0.2) is 0 Å². The summed E-state index contributed by atoms with van der Waals surface area (Å²) in [6, 6.07) is 0. The van der Waals surface area contributed by atoms with E-state index in [2.05, 4.69) is 22.9 Å². The molecule has 2 aliphatic carbocycles. The Morgan fingerprint density at radius 3 is 2.50 bits per heavy atom. The van der Waals surface area contributed by atoms with Crippen molar-refractivity contribution in [2.75, 3.05) is 0 Å². The summed E-state index contributed by atoms with van der Waals surface area (Å²) < 4.78 is 0. The third kappa shape index (κ3) is 2.35. The van der Waals surface area contributed by atoms with Crippen LogP contribution in [-0.4, -0.2) is 4.83 Å². The molecular formula is C13H23Br. The van der Waals surface area contributed by atoms with E-state index >= 15 is 0 Å². The van der Waals surface area contributed by atoms with E-state index in [1.165, 1.54) is 51.4 Å². The van der Waals surface area contributed by atoms with Crippen LogP contribution in [0, 0.1) is 17.8 Å². The molecule has 0 nitrogen and oxygen atoms in total. The molecule has 2 fully saturated rings. The zero-order valence-corrected chi connectivity index (χ0v) is 10.9. The average molecular weight is 259 g/mol. The van der Waals surface area contributed by atoms with Crippen LogP contribution in [-0.2, 0) is 0 Å². The smallest absolute Gasteiger partial charge is 0.0148 e. The summed E-state index contributed by atoms with van der Waals surface area (Å²) in [5, 5.41) is 0. The summed E-state index contributed by atoms with van der Waals surface area (Å²) in [5.41, 5.74) is 0. The van der Waals surface area contributed by atoms with Crippen LogP contribution in [0.4, 0.5) is 0 Å². The van der Waals surface area contributed by atoms with Crippen molar-refractivity contribution in [2.24, 2.45) is 17.8 Å². The summed E-state index contributed by atoms with van der Waals surface area (Å²) >= 11 is 3.79. The highest BCUT2D eigenvalue weighted by Gasteiger charge is 2.34. The Bertz CT molecular complexity index is 178. The second-order valence-corrected chi connectivity index (χ2v) is 6.58. The molecule has 2 rings (SSSR count). The second kappa shape index (κ2) is 5.01. The van der Waals surface area contributed by atoms with E-state index in [0.717, 1.165) is 22.6 Å². The molecule has 2 aliphatic rings. The third-order valence-electron chi connectivity index (χ3n) is 4.51. The molecule has 0 saturated heterocycles. The van der Waals surface area contributed by atoms with Crippen molar-refractivity contribution >= 4 is 15.9 Å². The van der Waals surface area contributed by atoms with Crippen molar-refractivity contribution in [1.29, 1.82) is 0 Å². The molecular weight excluding hydrogens is 236 g/mol. The summed E-state index contributed by atoms with van der Waals surface area (Å²) in [6.07, 6.45) is 11.9. The van der Waals surface area contributed by atoms with E-state index in [0.29, 0.717) is 0 Å². The molecule has 82 valence electrons. The van der Waals surface area contributed by atoms with E-state index in [4.69, 9.17) is 0 Å². The number of rotatable bonds is 2. The fourth-order valence-electron chi connectivity index (χ4n) is 3.71. The Morgan fingerprint density at radius 1 is 1.07 bits per heavy atom. The van der Waals surface area contributed by atoms with Gasteiger partial charge in [0.25, 0.3) is 0 Å². The van der Waals surface area contributed by atoms with Crippen LogP contribution in [0.1, 0.15) is 58.3 Å². The first kappa shape index (κ1) is 11.0. The minimum atomic E-state index is 0.840. The van der Waals surface area contributed by atoms with Gasteiger partial charge in [-0.1, -0.05) is 48.5 Å². The molecule has 1 heteroatoms. The minimum absolute atomic E-state index is 0.840. The van der Waals surface area contributed by atoms with Crippen LogP contribution in [0.5, 0.6) is 0 Å². The molecule has 0 N–H and O–H groups in total. The van der Waals surface area contributed by atoms with Crippen LogP contribution < -0.4 is 0 Å². The van der Waals surface area contributed by atoms with Gasteiger partial charge in [-0.15, -0.1) is 0 Å². The molecule has 14 heavy (non-hydrogen) atoms. The molecule has 0 radical (unpaired) electrons. The van der Waals surface area contributed by atoms with Crippen LogP contribution >= 0.6 is 15.9 Å². The lowest BCUT2D eigenvalue weighted by atomic mass is 9.71. The Hall–Kier alpha value is 0.480. The quantitative estimate of drug-likeness (QED) is 0.627. The standard InChI is InChI=1S/C13H23Br/c1-2-10-5-3-4-6-13(10)11-7-8-12(14)9-11/h10-13H,2-9H2,1H3. The average Bonchev–Trinajstić information content (AvgIpc) is 2.65. The van der Waals surface area contributed by atoms with Gasteiger partial charge in [0, 0.05) is 4.83 Å². The Morgan fingerprint density at radius 2 is 1.86 bits per heavy atom. The first-order valence-corrected chi connectivity index (χ1v) is 7.37. The van der Waals surface area contributed by atoms with Gasteiger partial charge in [0.2, 0.25) is 0 Å².